The minimum absolute atomic E-state index is 0.128. The normalized spacial score (nSPS) is 22.2. The first-order valence-electron chi connectivity index (χ1n) is 7.44. The second kappa shape index (κ2) is 6.75. The molecule has 2 unspecified atom stereocenters. The van der Waals surface area contributed by atoms with E-state index in [1.54, 1.807) is 6.07 Å². The van der Waals surface area contributed by atoms with Crippen LogP contribution in [-0.4, -0.2) is 22.3 Å². The van der Waals surface area contributed by atoms with Gasteiger partial charge in [0.2, 0.25) is 5.88 Å². The molecule has 4 nitrogen and oxygen atoms in total. The Labute approximate surface area is 119 Å². The van der Waals surface area contributed by atoms with Crippen LogP contribution in [-0.2, 0) is 0 Å². The number of ether oxygens (including phenoxy) is 1. The highest BCUT2D eigenvalue weighted by molar-refractivity contribution is 5.73. The molecule has 110 valence electrons. The summed E-state index contributed by atoms with van der Waals surface area (Å²) in [5, 5.41) is 9.88. The first-order valence-corrected chi connectivity index (χ1v) is 7.44. The molecular formula is C16H23NO3. The fourth-order valence-electron chi connectivity index (χ4n) is 2.46. The molecule has 1 aliphatic carbocycles. The highest BCUT2D eigenvalue weighted by atomic mass is 16.5. The standard InChI is InChI=1S/C14H17NO3.C2H6/c1-9-8-10-12(17-9)6-7-14(15-10)18-13-5-3-2-4-11(13)16;1-2/h6-8,11,13,16H,2-5H2,1H3;1-2H3. The van der Waals surface area contributed by atoms with Crippen LogP contribution in [0.1, 0.15) is 45.3 Å². The summed E-state index contributed by atoms with van der Waals surface area (Å²) >= 11 is 0. The van der Waals surface area contributed by atoms with E-state index in [9.17, 15) is 5.11 Å². The minimum atomic E-state index is -0.373. The lowest BCUT2D eigenvalue weighted by atomic mass is 9.95. The van der Waals surface area contributed by atoms with Crippen LogP contribution in [0.15, 0.2) is 22.6 Å². The van der Waals surface area contributed by atoms with Crippen LogP contribution in [0.5, 0.6) is 5.88 Å². The molecule has 3 rings (SSSR count). The summed E-state index contributed by atoms with van der Waals surface area (Å²) in [7, 11) is 0. The number of aliphatic hydroxyl groups excluding tert-OH is 1. The Morgan fingerprint density at radius 3 is 2.75 bits per heavy atom. The first-order chi connectivity index (χ1) is 9.72. The zero-order valence-corrected chi connectivity index (χ0v) is 12.4. The van der Waals surface area contributed by atoms with Crippen LogP contribution in [0.2, 0.25) is 0 Å². The number of aliphatic hydroxyl groups is 1. The monoisotopic (exact) mass is 277 g/mol. The molecule has 2 aromatic rings. The number of fused-ring (bicyclic) bond motifs is 1. The summed E-state index contributed by atoms with van der Waals surface area (Å²) in [6.45, 7) is 5.90. The van der Waals surface area contributed by atoms with Gasteiger partial charge in [0.1, 0.15) is 17.4 Å². The SMILES string of the molecule is CC.Cc1cc2nc(OC3CCCCC3O)ccc2o1. The molecule has 1 saturated carbocycles. The molecule has 2 atom stereocenters. The molecule has 0 aromatic carbocycles. The third-order valence-electron chi connectivity index (χ3n) is 3.41. The predicted molar refractivity (Wildman–Crippen MR) is 79.0 cm³/mol. The smallest absolute Gasteiger partial charge is 0.214 e. The topological polar surface area (TPSA) is 55.5 Å². The van der Waals surface area contributed by atoms with Crippen molar-refractivity contribution in [2.75, 3.05) is 0 Å². The lowest BCUT2D eigenvalue weighted by Gasteiger charge is -2.27. The zero-order chi connectivity index (χ0) is 14.5. The summed E-state index contributed by atoms with van der Waals surface area (Å²) in [5.41, 5.74) is 1.57. The van der Waals surface area contributed by atoms with Gasteiger partial charge in [-0.3, -0.25) is 0 Å². The van der Waals surface area contributed by atoms with Gasteiger partial charge in [-0.15, -0.1) is 0 Å². The van der Waals surface area contributed by atoms with E-state index in [0.717, 1.165) is 42.5 Å². The van der Waals surface area contributed by atoms with Crippen molar-refractivity contribution in [3.05, 3.63) is 24.0 Å². The Morgan fingerprint density at radius 1 is 1.25 bits per heavy atom. The van der Waals surface area contributed by atoms with Crippen LogP contribution in [0.3, 0.4) is 0 Å². The number of hydrogen-bond acceptors (Lipinski definition) is 4. The van der Waals surface area contributed by atoms with Gasteiger partial charge in [-0.25, -0.2) is 4.98 Å². The van der Waals surface area contributed by atoms with Gasteiger partial charge in [0.15, 0.2) is 5.58 Å². The Hall–Kier alpha value is -1.55. The van der Waals surface area contributed by atoms with Crippen molar-refractivity contribution in [3.63, 3.8) is 0 Å². The maximum absolute atomic E-state index is 9.88. The van der Waals surface area contributed by atoms with Crippen LogP contribution in [0.4, 0.5) is 0 Å². The summed E-state index contributed by atoms with van der Waals surface area (Å²) < 4.78 is 11.2. The number of aryl methyl sites for hydroxylation is 1. The minimum Gasteiger partial charge on any atom is -0.472 e. The van der Waals surface area contributed by atoms with Crippen LogP contribution in [0.25, 0.3) is 11.1 Å². The van der Waals surface area contributed by atoms with Crippen molar-refractivity contribution >= 4 is 11.1 Å². The molecule has 0 bridgehead atoms. The highest BCUT2D eigenvalue weighted by Crippen LogP contribution is 2.25. The zero-order valence-electron chi connectivity index (χ0n) is 12.4. The number of pyridine rings is 1. The molecular weight excluding hydrogens is 254 g/mol. The Bertz CT molecular complexity index is 550. The number of rotatable bonds is 2. The van der Waals surface area contributed by atoms with Crippen molar-refractivity contribution in [1.82, 2.24) is 4.98 Å². The van der Waals surface area contributed by atoms with Crippen molar-refractivity contribution in [3.8, 4) is 5.88 Å². The van der Waals surface area contributed by atoms with E-state index in [1.165, 1.54) is 0 Å². The first kappa shape index (κ1) is 14.9. The predicted octanol–water partition coefficient (Wildman–Crippen LogP) is 3.84. The molecule has 0 aliphatic heterocycles. The molecule has 0 amide bonds. The Morgan fingerprint density at radius 2 is 2.00 bits per heavy atom. The second-order valence-electron chi connectivity index (χ2n) is 4.90. The van der Waals surface area contributed by atoms with Crippen molar-refractivity contribution in [2.24, 2.45) is 0 Å². The average Bonchev–Trinajstić information content (AvgIpc) is 2.83. The van der Waals surface area contributed by atoms with Gasteiger partial charge < -0.3 is 14.3 Å². The van der Waals surface area contributed by atoms with Crippen molar-refractivity contribution in [2.45, 2.75) is 58.7 Å². The van der Waals surface area contributed by atoms with Gasteiger partial charge in [0.25, 0.3) is 0 Å². The van der Waals surface area contributed by atoms with Gasteiger partial charge in [-0.1, -0.05) is 20.3 Å². The third-order valence-corrected chi connectivity index (χ3v) is 3.41. The number of nitrogens with zero attached hydrogens (tertiary/aromatic N) is 1. The molecule has 0 saturated heterocycles. The van der Waals surface area contributed by atoms with Gasteiger partial charge in [-0.2, -0.15) is 0 Å². The maximum Gasteiger partial charge on any atom is 0.214 e. The second-order valence-corrected chi connectivity index (χ2v) is 4.90. The van der Waals surface area contributed by atoms with Crippen molar-refractivity contribution in [1.29, 1.82) is 0 Å². The van der Waals surface area contributed by atoms with Gasteiger partial charge in [0.05, 0.1) is 6.10 Å². The highest BCUT2D eigenvalue weighted by Gasteiger charge is 2.25. The third kappa shape index (κ3) is 3.31. The van der Waals surface area contributed by atoms with Gasteiger partial charge in [-0.05, 0) is 32.3 Å². The summed E-state index contributed by atoms with van der Waals surface area (Å²) in [6, 6.07) is 5.55. The van der Waals surface area contributed by atoms with Crippen molar-refractivity contribution < 1.29 is 14.3 Å². The van der Waals surface area contributed by atoms with Crippen LogP contribution in [0, 0.1) is 6.92 Å². The van der Waals surface area contributed by atoms with Gasteiger partial charge in [0, 0.05) is 12.1 Å². The fraction of sp³-hybridized carbons (Fsp3) is 0.562. The number of furan rings is 1. The summed E-state index contributed by atoms with van der Waals surface area (Å²) in [4.78, 5) is 4.40. The molecule has 2 heterocycles. The maximum atomic E-state index is 9.88. The molecule has 4 heteroatoms. The Kier molecular flexibility index (Phi) is 5.01. The molecule has 1 N–H and O–H groups in total. The van der Waals surface area contributed by atoms with Crippen LogP contribution < -0.4 is 4.74 Å². The molecule has 0 spiro atoms. The summed E-state index contributed by atoms with van der Waals surface area (Å²) in [6.07, 6.45) is 3.39. The van der Waals surface area contributed by atoms with E-state index in [0.29, 0.717) is 5.88 Å². The molecule has 20 heavy (non-hydrogen) atoms. The van der Waals surface area contributed by atoms with Crippen LogP contribution >= 0.6 is 0 Å². The van der Waals surface area contributed by atoms with E-state index >= 15 is 0 Å². The lowest BCUT2D eigenvalue weighted by molar-refractivity contribution is 0.00468. The molecule has 0 radical (unpaired) electrons. The van der Waals surface area contributed by atoms with E-state index in [4.69, 9.17) is 9.15 Å². The van der Waals surface area contributed by atoms with Gasteiger partial charge >= 0.3 is 0 Å². The quantitative estimate of drug-likeness (QED) is 0.906. The lowest BCUT2D eigenvalue weighted by Crippen LogP contribution is -2.34. The number of hydrogen-bond donors (Lipinski definition) is 1. The molecule has 1 fully saturated rings. The van der Waals surface area contributed by atoms with E-state index in [1.807, 2.05) is 32.9 Å². The average molecular weight is 277 g/mol. The van der Waals surface area contributed by atoms with E-state index < -0.39 is 0 Å². The Balaban J connectivity index is 0.000000704. The molecule has 2 aromatic heterocycles. The van der Waals surface area contributed by atoms with E-state index in [-0.39, 0.29) is 12.2 Å². The summed E-state index contributed by atoms with van der Waals surface area (Å²) in [5.74, 6) is 1.40. The largest absolute Gasteiger partial charge is 0.472 e. The van der Waals surface area contributed by atoms with E-state index in [2.05, 4.69) is 4.98 Å². The fourth-order valence-corrected chi connectivity index (χ4v) is 2.46. The molecule has 1 aliphatic rings. The number of aromatic nitrogens is 1.